The lowest BCUT2D eigenvalue weighted by molar-refractivity contribution is -0.116. The molecule has 0 aliphatic heterocycles. The molecule has 0 spiro atoms. The van der Waals surface area contributed by atoms with Crippen molar-refractivity contribution in [1.82, 2.24) is 10.2 Å². The smallest absolute Gasteiger partial charge is 0.226 e. The van der Waals surface area contributed by atoms with Crippen molar-refractivity contribution < 1.29 is 4.79 Å². The van der Waals surface area contributed by atoms with Crippen molar-refractivity contribution in [3.05, 3.63) is 76.8 Å². The maximum atomic E-state index is 12.2. The predicted molar refractivity (Wildman–Crippen MR) is 106 cm³/mol. The van der Waals surface area contributed by atoms with Crippen LogP contribution in [0.2, 0.25) is 0 Å². The lowest BCUT2D eigenvalue weighted by atomic mass is 9.98. The number of amides is 1. The normalized spacial score (nSPS) is 11.9. The van der Waals surface area contributed by atoms with E-state index in [-0.39, 0.29) is 11.8 Å². The first kappa shape index (κ1) is 18.3. The van der Waals surface area contributed by atoms with Crippen LogP contribution in [0.4, 0.5) is 5.13 Å². The van der Waals surface area contributed by atoms with Crippen LogP contribution in [-0.4, -0.2) is 16.1 Å². The molecule has 2 aromatic carbocycles. The van der Waals surface area contributed by atoms with Crippen LogP contribution in [-0.2, 0) is 17.6 Å². The van der Waals surface area contributed by atoms with Crippen LogP contribution < -0.4 is 5.32 Å². The maximum absolute atomic E-state index is 12.2. The van der Waals surface area contributed by atoms with E-state index in [9.17, 15) is 4.79 Å². The fourth-order valence-electron chi connectivity index (χ4n) is 2.84. The van der Waals surface area contributed by atoms with Crippen molar-refractivity contribution >= 4 is 22.4 Å². The van der Waals surface area contributed by atoms with E-state index >= 15 is 0 Å². The van der Waals surface area contributed by atoms with Gasteiger partial charge in [-0.3, -0.25) is 4.79 Å². The Morgan fingerprint density at radius 2 is 1.69 bits per heavy atom. The number of aromatic nitrogens is 2. The van der Waals surface area contributed by atoms with Gasteiger partial charge in [0.15, 0.2) is 0 Å². The average Bonchev–Trinajstić information content (AvgIpc) is 3.10. The number of aryl methyl sites for hydroxylation is 2. The molecule has 3 aromatic rings. The maximum Gasteiger partial charge on any atom is 0.226 e. The van der Waals surface area contributed by atoms with Crippen LogP contribution in [0.15, 0.2) is 60.7 Å². The molecule has 0 saturated carbocycles. The van der Waals surface area contributed by atoms with Crippen LogP contribution in [0, 0.1) is 0 Å². The molecular formula is C21H23N3OS. The van der Waals surface area contributed by atoms with E-state index in [1.807, 2.05) is 36.4 Å². The minimum Gasteiger partial charge on any atom is -0.301 e. The van der Waals surface area contributed by atoms with Crippen molar-refractivity contribution in [3.8, 4) is 0 Å². The van der Waals surface area contributed by atoms with E-state index < -0.39 is 0 Å². The summed E-state index contributed by atoms with van der Waals surface area (Å²) in [5, 5.41) is 12.7. The van der Waals surface area contributed by atoms with Crippen molar-refractivity contribution in [3.63, 3.8) is 0 Å². The van der Waals surface area contributed by atoms with E-state index in [4.69, 9.17) is 0 Å². The number of benzene rings is 2. The highest BCUT2D eigenvalue weighted by atomic mass is 32.1. The van der Waals surface area contributed by atoms with Crippen LogP contribution in [0.3, 0.4) is 0 Å². The van der Waals surface area contributed by atoms with Crippen molar-refractivity contribution in [2.75, 3.05) is 5.32 Å². The molecule has 0 aliphatic carbocycles. The monoisotopic (exact) mass is 365 g/mol. The Bertz CT molecular complexity index is 818. The largest absolute Gasteiger partial charge is 0.301 e. The fourth-order valence-corrected chi connectivity index (χ4v) is 3.64. The summed E-state index contributed by atoms with van der Waals surface area (Å²) in [6, 6.07) is 20.5. The third-order valence-electron chi connectivity index (χ3n) is 4.27. The first-order valence-electron chi connectivity index (χ1n) is 8.92. The molecule has 134 valence electrons. The summed E-state index contributed by atoms with van der Waals surface area (Å²) in [5.74, 6) is 0.155. The first-order chi connectivity index (χ1) is 12.7. The molecule has 26 heavy (non-hydrogen) atoms. The number of rotatable bonds is 8. The molecule has 0 radical (unpaired) electrons. The Labute approximate surface area is 158 Å². The summed E-state index contributed by atoms with van der Waals surface area (Å²) in [6.07, 6.45) is 3.37. The van der Waals surface area contributed by atoms with E-state index in [0.29, 0.717) is 11.6 Å². The quantitative estimate of drug-likeness (QED) is 0.621. The topological polar surface area (TPSA) is 54.9 Å². The number of carbonyl (C=O) groups is 1. The Balaban J connectivity index is 1.45. The van der Waals surface area contributed by atoms with Crippen molar-refractivity contribution in [2.24, 2.45) is 0 Å². The lowest BCUT2D eigenvalue weighted by Crippen LogP contribution is -2.14. The van der Waals surface area contributed by atoms with Gasteiger partial charge in [-0.15, -0.1) is 10.2 Å². The van der Waals surface area contributed by atoms with E-state index in [1.165, 1.54) is 22.5 Å². The molecule has 0 saturated heterocycles. The average molecular weight is 366 g/mol. The second-order valence-electron chi connectivity index (χ2n) is 6.40. The number of nitrogens with zero attached hydrogens (tertiary/aromatic N) is 2. The summed E-state index contributed by atoms with van der Waals surface area (Å²) < 4.78 is 0. The van der Waals surface area contributed by atoms with Gasteiger partial charge in [-0.05, 0) is 29.9 Å². The van der Waals surface area contributed by atoms with Gasteiger partial charge in [0.05, 0.1) is 0 Å². The molecule has 1 amide bonds. The zero-order valence-electron chi connectivity index (χ0n) is 14.9. The van der Waals surface area contributed by atoms with Gasteiger partial charge < -0.3 is 5.32 Å². The second-order valence-corrected chi connectivity index (χ2v) is 7.47. The number of hydrogen-bond donors (Lipinski definition) is 1. The van der Waals surface area contributed by atoms with E-state index in [0.717, 1.165) is 24.3 Å². The number of anilines is 1. The Morgan fingerprint density at radius 1 is 1.00 bits per heavy atom. The van der Waals surface area contributed by atoms with Crippen LogP contribution in [0.25, 0.3) is 0 Å². The van der Waals surface area contributed by atoms with Crippen molar-refractivity contribution in [1.29, 1.82) is 0 Å². The Morgan fingerprint density at radius 3 is 2.42 bits per heavy atom. The molecule has 1 heterocycles. The van der Waals surface area contributed by atoms with Crippen LogP contribution >= 0.6 is 11.3 Å². The molecule has 1 aromatic heterocycles. The van der Waals surface area contributed by atoms with Gasteiger partial charge in [0, 0.05) is 12.8 Å². The van der Waals surface area contributed by atoms with Gasteiger partial charge in [0.25, 0.3) is 0 Å². The van der Waals surface area contributed by atoms with Crippen molar-refractivity contribution in [2.45, 2.75) is 38.5 Å². The van der Waals surface area contributed by atoms with Gasteiger partial charge in [-0.2, -0.15) is 0 Å². The van der Waals surface area contributed by atoms with Gasteiger partial charge in [-0.25, -0.2) is 0 Å². The molecule has 1 atom stereocenters. The second kappa shape index (κ2) is 9.25. The van der Waals surface area contributed by atoms with Crippen LogP contribution in [0.1, 0.15) is 41.8 Å². The number of carbonyl (C=O) groups excluding carboxylic acids is 1. The molecule has 0 bridgehead atoms. The standard InChI is InChI=1S/C21H23N3OS/c1-16(18-12-6-3-7-13-18)15-19(25)22-21-24-23-20(26-21)14-8-11-17-9-4-2-5-10-17/h2-7,9-10,12-13,16H,8,11,14-15H2,1H3,(H,22,24,25). The number of hydrogen-bond acceptors (Lipinski definition) is 4. The number of nitrogens with one attached hydrogen (secondary N) is 1. The van der Waals surface area contributed by atoms with Gasteiger partial charge in [0.2, 0.25) is 11.0 Å². The van der Waals surface area contributed by atoms with Gasteiger partial charge in [-0.1, -0.05) is 78.9 Å². The lowest BCUT2D eigenvalue weighted by Gasteiger charge is -2.10. The third-order valence-corrected chi connectivity index (χ3v) is 5.17. The predicted octanol–water partition coefficient (Wildman–Crippen LogP) is 4.85. The molecule has 4 nitrogen and oxygen atoms in total. The molecule has 3 rings (SSSR count). The van der Waals surface area contributed by atoms with E-state index in [2.05, 4.69) is 46.7 Å². The summed E-state index contributed by atoms with van der Waals surface area (Å²) in [7, 11) is 0. The van der Waals surface area contributed by atoms with Gasteiger partial charge in [0.1, 0.15) is 5.01 Å². The first-order valence-corrected chi connectivity index (χ1v) is 9.73. The molecule has 5 heteroatoms. The summed E-state index contributed by atoms with van der Waals surface area (Å²) in [6.45, 7) is 2.06. The zero-order valence-corrected chi connectivity index (χ0v) is 15.7. The molecular weight excluding hydrogens is 342 g/mol. The Hall–Kier alpha value is -2.53. The Kier molecular flexibility index (Phi) is 6.50. The summed E-state index contributed by atoms with van der Waals surface area (Å²) in [4.78, 5) is 12.2. The highest BCUT2D eigenvalue weighted by Crippen LogP contribution is 2.21. The molecule has 0 aliphatic rings. The molecule has 1 N–H and O–H groups in total. The molecule has 1 unspecified atom stereocenters. The highest BCUT2D eigenvalue weighted by molar-refractivity contribution is 7.15. The SMILES string of the molecule is CC(CC(=O)Nc1nnc(CCCc2ccccc2)s1)c1ccccc1. The molecule has 0 fully saturated rings. The van der Waals surface area contributed by atoms with E-state index in [1.54, 1.807) is 0 Å². The zero-order chi connectivity index (χ0) is 18.2. The van der Waals surface area contributed by atoms with Crippen LogP contribution in [0.5, 0.6) is 0 Å². The summed E-state index contributed by atoms with van der Waals surface area (Å²) in [5.41, 5.74) is 2.50. The fraction of sp³-hybridized carbons (Fsp3) is 0.286. The minimum absolute atomic E-state index is 0.0201. The minimum atomic E-state index is -0.0201. The van der Waals surface area contributed by atoms with Gasteiger partial charge >= 0.3 is 0 Å². The highest BCUT2D eigenvalue weighted by Gasteiger charge is 2.13. The summed E-state index contributed by atoms with van der Waals surface area (Å²) >= 11 is 1.47. The third kappa shape index (κ3) is 5.49.